The first-order valence-corrected chi connectivity index (χ1v) is 15.2. The minimum Gasteiger partial charge on any atom is -0.0616 e. The van der Waals surface area contributed by atoms with Crippen LogP contribution in [-0.2, 0) is 10.8 Å². The fraction of sp³-hybridized carbons (Fsp3) is 0.143. The number of hydrogen-bond donors (Lipinski definition) is 0. The molecular weight excluding hydrogens is 504 g/mol. The monoisotopic (exact) mass is 534 g/mol. The van der Waals surface area contributed by atoms with Gasteiger partial charge in [0.1, 0.15) is 0 Å². The third kappa shape index (κ3) is 2.53. The Kier molecular flexibility index (Phi) is 3.93. The molecule has 0 heteroatoms. The van der Waals surface area contributed by atoms with Gasteiger partial charge >= 0.3 is 0 Å². The largest absolute Gasteiger partial charge is 0.0616 e. The van der Waals surface area contributed by atoms with Gasteiger partial charge in [-0.15, -0.1) is 0 Å². The lowest BCUT2D eigenvalue weighted by Crippen LogP contribution is -2.18. The molecule has 0 amide bonds. The summed E-state index contributed by atoms with van der Waals surface area (Å²) in [7, 11) is 0. The van der Waals surface area contributed by atoms with Gasteiger partial charge < -0.3 is 0 Å². The molecule has 0 spiro atoms. The molecular formula is C42H30. The van der Waals surface area contributed by atoms with Crippen LogP contribution in [-0.4, -0.2) is 0 Å². The van der Waals surface area contributed by atoms with Gasteiger partial charge in [0.25, 0.3) is 0 Å². The van der Waals surface area contributed by atoms with E-state index in [2.05, 4.69) is 137 Å². The summed E-state index contributed by atoms with van der Waals surface area (Å²) in [4.78, 5) is 0. The SMILES string of the molecule is CC1(C)c2cc3c(cc2-c2c1ccc1c2ccc2ccccc21)-c1c(cc2ccc4cccc5ccc1c2c45)C3(C)C. The van der Waals surface area contributed by atoms with E-state index in [0.717, 1.165) is 0 Å². The molecule has 198 valence electrons. The highest BCUT2D eigenvalue weighted by atomic mass is 14.5. The van der Waals surface area contributed by atoms with Crippen molar-refractivity contribution in [3.8, 4) is 22.3 Å². The summed E-state index contributed by atoms with van der Waals surface area (Å²) in [5.74, 6) is 0. The van der Waals surface area contributed by atoms with Crippen molar-refractivity contribution in [2.45, 2.75) is 38.5 Å². The molecule has 0 atom stereocenters. The summed E-state index contributed by atoms with van der Waals surface area (Å²) in [6.45, 7) is 9.69. The first-order chi connectivity index (χ1) is 20.3. The van der Waals surface area contributed by atoms with Crippen molar-refractivity contribution in [1.29, 1.82) is 0 Å². The highest BCUT2D eigenvalue weighted by Gasteiger charge is 2.43. The van der Waals surface area contributed by atoms with E-state index in [1.807, 2.05) is 0 Å². The third-order valence-electron chi connectivity index (χ3n) is 11.0. The molecule has 0 N–H and O–H groups in total. The molecule has 0 heterocycles. The number of hydrogen-bond acceptors (Lipinski definition) is 0. The van der Waals surface area contributed by atoms with Gasteiger partial charge in [0.05, 0.1) is 0 Å². The van der Waals surface area contributed by atoms with E-state index >= 15 is 0 Å². The fourth-order valence-electron chi connectivity index (χ4n) is 8.83. The number of benzene rings is 8. The molecule has 0 bridgehead atoms. The molecule has 0 radical (unpaired) electrons. The minimum atomic E-state index is -0.0761. The van der Waals surface area contributed by atoms with Crippen LogP contribution >= 0.6 is 0 Å². The molecule has 0 unspecified atom stereocenters. The maximum atomic E-state index is 2.57. The molecule has 8 aromatic carbocycles. The summed E-state index contributed by atoms with van der Waals surface area (Å²) in [5.41, 5.74) is 11.3. The molecule has 0 fully saturated rings. The van der Waals surface area contributed by atoms with E-state index in [1.165, 1.54) is 98.4 Å². The van der Waals surface area contributed by atoms with Gasteiger partial charge in [0.15, 0.2) is 0 Å². The first-order valence-electron chi connectivity index (χ1n) is 15.2. The Labute approximate surface area is 245 Å². The molecule has 0 aliphatic heterocycles. The van der Waals surface area contributed by atoms with E-state index in [4.69, 9.17) is 0 Å². The Hall–Kier alpha value is -4.68. The van der Waals surface area contributed by atoms with Gasteiger partial charge in [-0.05, 0) is 111 Å². The van der Waals surface area contributed by atoms with Crippen LogP contribution in [0.5, 0.6) is 0 Å². The maximum absolute atomic E-state index is 2.57. The number of fused-ring (bicyclic) bond motifs is 11. The summed E-state index contributed by atoms with van der Waals surface area (Å²) in [6, 6.07) is 41.9. The van der Waals surface area contributed by atoms with Gasteiger partial charge in [0.2, 0.25) is 0 Å². The van der Waals surface area contributed by atoms with Gasteiger partial charge in [-0.3, -0.25) is 0 Å². The van der Waals surface area contributed by atoms with Crippen molar-refractivity contribution >= 4 is 53.9 Å². The summed E-state index contributed by atoms with van der Waals surface area (Å²) < 4.78 is 0. The highest BCUT2D eigenvalue weighted by Crippen LogP contribution is 2.59. The van der Waals surface area contributed by atoms with Gasteiger partial charge in [-0.1, -0.05) is 125 Å². The number of rotatable bonds is 0. The third-order valence-corrected chi connectivity index (χ3v) is 11.0. The zero-order valence-electron chi connectivity index (χ0n) is 24.4. The second kappa shape index (κ2) is 7.20. The maximum Gasteiger partial charge on any atom is 0.0159 e. The Bertz CT molecular complexity index is 2490. The topological polar surface area (TPSA) is 0 Å². The van der Waals surface area contributed by atoms with Crippen LogP contribution in [0, 0.1) is 0 Å². The molecule has 0 nitrogen and oxygen atoms in total. The van der Waals surface area contributed by atoms with E-state index in [0.29, 0.717) is 0 Å². The Morgan fingerprint density at radius 1 is 0.357 bits per heavy atom. The molecule has 0 saturated carbocycles. The minimum absolute atomic E-state index is 0.0611. The second-order valence-corrected chi connectivity index (χ2v) is 13.7. The van der Waals surface area contributed by atoms with Crippen molar-refractivity contribution in [3.63, 3.8) is 0 Å². The van der Waals surface area contributed by atoms with Gasteiger partial charge in [0, 0.05) is 10.8 Å². The zero-order valence-corrected chi connectivity index (χ0v) is 24.4. The molecule has 0 saturated heterocycles. The van der Waals surface area contributed by atoms with Crippen molar-refractivity contribution in [3.05, 3.63) is 131 Å². The van der Waals surface area contributed by atoms with Gasteiger partial charge in [-0.2, -0.15) is 0 Å². The zero-order chi connectivity index (χ0) is 28.1. The summed E-state index contributed by atoms with van der Waals surface area (Å²) in [6.07, 6.45) is 0. The molecule has 42 heavy (non-hydrogen) atoms. The van der Waals surface area contributed by atoms with Crippen LogP contribution < -0.4 is 0 Å². The average Bonchev–Trinajstić information content (AvgIpc) is 3.37. The predicted molar refractivity (Wildman–Crippen MR) is 180 cm³/mol. The Morgan fingerprint density at radius 2 is 0.952 bits per heavy atom. The Morgan fingerprint density at radius 3 is 1.76 bits per heavy atom. The van der Waals surface area contributed by atoms with E-state index < -0.39 is 0 Å². The van der Waals surface area contributed by atoms with E-state index in [-0.39, 0.29) is 10.8 Å². The lowest BCUT2D eigenvalue weighted by atomic mass is 9.77. The quantitative estimate of drug-likeness (QED) is 0.170. The van der Waals surface area contributed by atoms with Crippen molar-refractivity contribution in [1.82, 2.24) is 0 Å². The van der Waals surface area contributed by atoms with Crippen LogP contribution in [0.15, 0.2) is 109 Å². The van der Waals surface area contributed by atoms with Crippen LogP contribution in [0.2, 0.25) is 0 Å². The predicted octanol–water partition coefficient (Wildman–Crippen LogP) is 11.5. The first kappa shape index (κ1) is 22.9. The molecule has 8 aromatic rings. The van der Waals surface area contributed by atoms with Crippen LogP contribution in [0.4, 0.5) is 0 Å². The molecule has 0 aromatic heterocycles. The fourth-order valence-corrected chi connectivity index (χ4v) is 8.83. The Balaban J connectivity index is 1.34. The summed E-state index contributed by atoms with van der Waals surface area (Å²) >= 11 is 0. The van der Waals surface area contributed by atoms with E-state index in [1.54, 1.807) is 0 Å². The van der Waals surface area contributed by atoms with Crippen LogP contribution in [0.1, 0.15) is 49.9 Å². The second-order valence-electron chi connectivity index (χ2n) is 13.7. The lowest BCUT2D eigenvalue weighted by Gasteiger charge is -2.26. The van der Waals surface area contributed by atoms with Crippen molar-refractivity contribution in [2.75, 3.05) is 0 Å². The summed E-state index contributed by atoms with van der Waals surface area (Å²) in [5, 5.41) is 13.5. The highest BCUT2D eigenvalue weighted by molar-refractivity contribution is 6.26. The standard InChI is InChI=1S/C42H30/c1-41(2)33-19-18-28-27-11-6-5-8-23(27)14-16-29(28)39(33)31-21-32-35(22-34(31)41)42(3,4)36-20-26-13-12-24-9-7-10-25-15-17-30(40(32)36)38(26)37(24)25/h5-22H,1-4H3. The van der Waals surface area contributed by atoms with Gasteiger partial charge in [-0.25, -0.2) is 0 Å². The van der Waals surface area contributed by atoms with Crippen molar-refractivity contribution in [2.24, 2.45) is 0 Å². The molecule has 2 aliphatic rings. The normalized spacial score (nSPS) is 16.0. The average molecular weight is 535 g/mol. The smallest absolute Gasteiger partial charge is 0.0159 e. The van der Waals surface area contributed by atoms with E-state index in [9.17, 15) is 0 Å². The molecule has 10 rings (SSSR count). The van der Waals surface area contributed by atoms with Crippen LogP contribution in [0.25, 0.3) is 76.1 Å². The van der Waals surface area contributed by atoms with Crippen LogP contribution in [0.3, 0.4) is 0 Å². The van der Waals surface area contributed by atoms with Crippen molar-refractivity contribution < 1.29 is 0 Å². The lowest BCUT2D eigenvalue weighted by molar-refractivity contribution is 0.640. The molecule has 2 aliphatic carbocycles.